The Bertz CT molecular complexity index is 451. The average Bonchev–Trinajstić information content (AvgIpc) is 2.53. The van der Waals surface area contributed by atoms with Crippen LogP contribution in [0.4, 0.5) is 0 Å². The summed E-state index contributed by atoms with van der Waals surface area (Å²) in [4.78, 5) is 29.4. The van der Waals surface area contributed by atoms with E-state index in [-0.39, 0.29) is 11.3 Å². The van der Waals surface area contributed by atoms with Crippen LogP contribution in [0.15, 0.2) is 0 Å². The summed E-state index contributed by atoms with van der Waals surface area (Å²) in [5.74, 6) is 1.58. The Morgan fingerprint density at radius 2 is 1.91 bits per heavy atom. The molecule has 2 saturated heterocycles. The predicted molar refractivity (Wildman–Crippen MR) is 87.8 cm³/mol. The zero-order valence-corrected chi connectivity index (χ0v) is 14.6. The lowest BCUT2D eigenvalue weighted by Crippen LogP contribution is -2.55. The van der Waals surface area contributed by atoms with Crippen LogP contribution in [0.25, 0.3) is 0 Å². The van der Waals surface area contributed by atoms with Crippen molar-refractivity contribution in [3.63, 3.8) is 0 Å². The predicted octanol–water partition coefficient (Wildman–Crippen LogP) is 1.91. The molecule has 1 saturated carbocycles. The number of hydrogen-bond acceptors (Lipinski definition) is 3. The molecule has 130 valence electrons. The van der Waals surface area contributed by atoms with Gasteiger partial charge in [-0.25, -0.2) is 0 Å². The summed E-state index contributed by atoms with van der Waals surface area (Å²) in [6.07, 6.45) is 5.82. The first kappa shape index (κ1) is 16.7. The van der Waals surface area contributed by atoms with Crippen LogP contribution in [0.3, 0.4) is 0 Å². The molecular formula is C18H30N2O3. The third-order valence-electron chi connectivity index (χ3n) is 6.14. The van der Waals surface area contributed by atoms with Gasteiger partial charge in [0, 0.05) is 39.2 Å². The van der Waals surface area contributed by atoms with E-state index >= 15 is 0 Å². The van der Waals surface area contributed by atoms with Crippen molar-refractivity contribution in [3.8, 4) is 0 Å². The van der Waals surface area contributed by atoms with E-state index in [0.29, 0.717) is 30.9 Å². The number of nitrogens with zero attached hydrogens (tertiary/aromatic N) is 2. The quantitative estimate of drug-likeness (QED) is 0.794. The Morgan fingerprint density at radius 3 is 2.52 bits per heavy atom. The lowest BCUT2D eigenvalue weighted by Gasteiger charge is -2.47. The molecule has 0 aromatic carbocycles. The maximum atomic E-state index is 12.9. The zero-order valence-electron chi connectivity index (χ0n) is 14.6. The van der Waals surface area contributed by atoms with Gasteiger partial charge in [-0.3, -0.25) is 9.59 Å². The van der Waals surface area contributed by atoms with E-state index in [9.17, 15) is 9.59 Å². The molecule has 1 spiro atoms. The van der Waals surface area contributed by atoms with Gasteiger partial charge in [0.1, 0.15) is 0 Å². The lowest BCUT2D eigenvalue weighted by atomic mass is 9.70. The first-order valence-electron chi connectivity index (χ1n) is 9.13. The van der Waals surface area contributed by atoms with Crippen molar-refractivity contribution >= 4 is 11.8 Å². The number of ether oxygens (including phenoxy) is 1. The SMILES string of the molecule is COCCN1CCCC2(CCN(C(=O)C3CC(C)C3)CC2)C1=O. The van der Waals surface area contributed by atoms with Crippen molar-refractivity contribution in [1.29, 1.82) is 0 Å². The van der Waals surface area contributed by atoms with E-state index in [2.05, 4.69) is 6.92 Å². The van der Waals surface area contributed by atoms with Gasteiger partial charge >= 0.3 is 0 Å². The molecule has 2 amide bonds. The molecule has 5 nitrogen and oxygen atoms in total. The number of likely N-dealkylation sites (tertiary alicyclic amines) is 2. The molecule has 1 aliphatic carbocycles. The second-order valence-corrected chi connectivity index (χ2v) is 7.77. The van der Waals surface area contributed by atoms with Crippen LogP contribution >= 0.6 is 0 Å². The molecule has 2 heterocycles. The van der Waals surface area contributed by atoms with E-state index < -0.39 is 0 Å². The lowest BCUT2D eigenvalue weighted by molar-refractivity contribution is -0.155. The maximum absolute atomic E-state index is 12.9. The maximum Gasteiger partial charge on any atom is 0.229 e. The molecule has 3 rings (SSSR count). The summed E-state index contributed by atoms with van der Waals surface area (Å²) in [5, 5.41) is 0. The van der Waals surface area contributed by atoms with E-state index in [1.807, 2.05) is 9.80 Å². The van der Waals surface area contributed by atoms with Gasteiger partial charge in [-0.05, 0) is 44.4 Å². The molecule has 23 heavy (non-hydrogen) atoms. The Balaban J connectivity index is 1.56. The topological polar surface area (TPSA) is 49.9 Å². The van der Waals surface area contributed by atoms with Crippen molar-refractivity contribution < 1.29 is 14.3 Å². The number of piperidine rings is 2. The van der Waals surface area contributed by atoms with Gasteiger partial charge in [0.2, 0.25) is 11.8 Å². The first-order valence-corrected chi connectivity index (χ1v) is 9.13. The highest BCUT2D eigenvalue weighted by atomic mass is 16.5. The van der Waals surface area contributed by atoms with Gasteiger partial charge in [-0.15, -0.1) is 0 Å². The molecular weight excluding hydrogens is 292 g/mol. The van der Waals surface area contributed by atoms with E-state index in [0.717, 1.165) is 58.2 Å². The van der Waals surface area contributed by atoms with Crippen molar-refractivity contribution in [2.45, 2.75) is 45.4 Å². The highest BCUT2D eigenvalue weighted by molar-refractivity contribution is 5.84. The number of amides is 2. The van der Waals surface area contributed by atoms with Gasteiger partial charge in [-0.1, -0.05) is 6.92 Å². The molecule has 0 radical (unpaired) electrons. The van der Waals surface area contributed by atoms with Crippen molar-refractivity contribution in [3.05, 3.63) is 0 Å². The molecule has 0 unspecified atom stereocenters. The van der Waals surface area contributed by atoms with Gasteiger partial charge in [0.05, 0.1) is 12.0 Å². The van der Waals surface area contributed by atoms with E-state index in [1.165, 1.54) is 0 Å². The molecule has 0 N–H and O–H groups in total. The summed E-state index contributed by atoms with van der Waals surface area (Å²) in [6.45, 7) is 5.88. The van der Waals surface area contributed by atoms with Crippen LogP contribution in [-0.4, -0.2) is 61.5 Å². The van der Waals surface area contributed by atoms with Gasteiger partial charge in [0.15, 0.2) is 0 Å². The van der Waals surface area contributed by atoms with Crippen LogP contribution in [0.2, 0.25) is 0 Å². The Labute approximate surface area is 139 Å². The molecule has 0 atom stereocenters. The van der Waals surface area contributed by atoms with Crippen LogP contribution < -0.4 is 0 Å². The van der Waals surface area contributed by atoms with Gasteiger partial charge in [-0.2, -0.15) is 0 Å². The fraction of sp³-hybridized carbons (Fsp3) is 0.889. The normalized spacial score (nSPS) is 30.4. The Morgan fingerprint density at radius 1 is 1.22 bits per heavy atom. The average molecular weight is 322 g/mol. The largest absolute Gasteiger partial charge is 0.383 e. The minimum Gasteiger partial charge on any atom is -0.383 e. The Hall–Kier alpha value is -1.10. The second-order valence-electron chi connectivity index (χ2n) is 7.77. The first-order chi connectivity index (χ1) is 11.1. The van der Waals surface area contributed by atoms with Crippen LogP contribution in [0, 0.1) is 17.3 Å². The summed E-state index contributed by atoms with van der Waals surface area (Å²) in [5.41, 5.74) is -0.213. The third kappa shape index (κ3) is 3.25. The van der Waals surface area contributed by atoms with Crippen molar-refractivity contribution in [2.75, 3.05) is 39.9 Å². The summed E-state index contributed by atoms with van der Waals surface area (Å²) < 4.78 is 5.12. The van der Waals surface area contributed by atoms with Gasteiger partial charge < -0.3 is 14.5 Å². The summed E-state index contributed by atoms with van der Waals surface area (Å²) in [7, 11) is 1.68. The monoisotopic (exact) mass is 322 g/mol. The standard InChI is InChI=1S/C18H30N2O3/c1-14-12-15(13-14)16(21)19-8-5-18(6-9-19)4-3-7-20(17(18)22)10-11-23-2/h14-15H,3-13H2,1-2H3. The van der Waals surface area contributed by atoms with Crippen LogP contribution in [0.5, 0.6) is 0 Å². The molecule has 2 aliphatic heterocycles. The molecule has 0 bridgehead atoms. The number of hydrogen-bond donors (Lipinski definition) is 0. The van der Waals surface area contributed by atoms with E-state index in [1.54, 1.807) is 7.11 Å². The highest BCUT2D eigenvalue weighted by Crippen LogP contribution is 2.42. The third-order valence-corrected chi connectivity index (χ3v) is 6.14. The second kappa shape index (κ2) is 6.80. The number of rotatable bonds is 4. The van der Waals surface area contributed by atoms with Crippen molar-refractivity contribution in [1.82, 2.24) is 9.80 Å². The highest BCUT2D eigenvalue weighted by Gasteiger charge is 2.47. The molecule has 3 fully saturated rings. The molecule has 3 aliphatic rings. The van der Waals surface area contributed by atoms with E-state index in [4.69, 9.17) is 4.74 Å². The number of carbonyl (C=O) groups excluding carboxylic acids is 2. The summed E-state index contributed by atoms with van der Waals surface area (Å²) >= 11 is 0. The number of methoxy groups -OCH3 is 1. The Kier molecular flexibility index (Phi) is 4.95. The van der Waals surface area contributed by atoms with Crippen molar-refractivity contribution in [2.24, 2.45) is 17.3 Å². The summed E-state index contributed by atoms with van der Waals surface area (Å²) in [6, 6.07) is 0. The minimum absolute atomic E-state index is 0.213. The zero-order chi connectivity index (χ0) is 16.4. The fourth-order valence-corrected chi connectivity index (χ4v) is 4.55. The molecule has 0 aromatic rings. The van der Waals surface area contributed by atoms with Gasteiger partial charge in [0.25, 0.3) is 0 Å². The molecule has 5 heteroatoms. The molecule has 0 aromatic heterocycles. The number of carbonyl (C=O) groups is 2. The fourth-order valence-electron chi connectivity index (χ4n) is 4.55. The minimum atomic E-state index is -0.213. The van der Waals surface area contributed by atoms with Crippen LogP contribution in [0.1, 0.15) is 45.4 Å². The smallest absolute Gasteiger partial charge is 0.229 e. The van der Waals surface area contributed by atoms with Crippen LogP contribution in [-0.2, 0) is 14.3 Å².